The van der Waals surface area contributed by atoms with Crippen molar-refractivity contribution < 1.29 is 4.79 Å². The van der Waals surface area contributed by atoms with Gasteiger partial charge in [-0.3, -0.25) is 9.48 Å². The Kier molecular flexibility index (Phi) is 5.22. The van der Waals surface area contributed by atoms with Gasteiger partial charge in [0.2, 0.25) is 5.91 Å². The average molecular weight is 307 g/mol. The van der Waals surface area contributed by atoms with Crippen molar-refractivity contribution in [2.45, 2.75) is 33.4 Å². The van der Waals surface area contributed by atoms with E-state index in [9.17, 15) is 4.79 Å². The lowest BCUT2D eigenvalue weighted by Gasteiger charge is -2.09. The molecule has 0 radical (unpaired) electrons. The highest BCUT2D eigenvalue weighted by atomic mass is 35.5. The van der Waals surface area contributed by atoms with Crippen LogP contribution >= 0.6 is 11.6 Å². The number of nitrogens with one attached hydrogen (secondary N) is 2. The summed E-state index contributed by atoms with van der Waals surface area (Å²) in [5.74, 6) is -0.138. The molecule has 1 aromatic carbocycles. The number of nitrogens with zero attached hydrogens (tertiary/aromatic N) is 2. The van der Waals surface area contributed by atoms with E-state index < -0.39 is 0 Å². The lowest BCUT2D eigenvalue weighted by Crippen LogP contribution is -2.06. The fraction of sp³-hybridized carbons (Fsp3) is 0.333. The van der Waals surface area contributed by atoms with Crippen LogP contribution in [0.15, 0.2) is 30.6 Å². The molecule has 1 heterocycles. The van der Waals surface area contributed by atoms with Gasteiger partial charge in [0.25, 0.3) is 0 Å². The van der Waals surface area contributed by atoms with Crippen molar-refractivity contribution >= 4 is 28.9 Å². The number of aromatic nitrogens is 2. The molecule has 21 heavy (non-hydrogen) atoms. The second-order valence-corrected chi connectivity index (χ2v) is 5.25. The first kappa shape index (κ1) is 15.4. The highest BCUT2D eigenvalue weighted by molar-refractivity contribution is 6.34. The fourth-order valence-corrected chi connectivity index (χ4v) is 2.20. The topological polar surface area (TPSA) is 59.0 Å². The first-order chi connectivity index (χ1) is 10.1. The van der Waals surface area contributed by atoms with Crippen LogP contribution in [-0.4, -0.2) is 15.7 Å². The first-order valence-electron chi connectivity index (χ1n) is 6.91. The van der Waals surface area contributed by atoms with Crippen molar-refractivity contribution in [2.75, 3.05) is 10.6 Å². The Hall–Kier alpha value is -2.01. The summed E-state index contributed by atoms with van der Waals surface area (Å²) in [7, 11) is 0. The van der Waals surface area contributed by atoms with Gasteiger partial charge in [0, 0.05) is 37.5 Å². The molecule has 0 saturated heterocycles. The van der Waals surface area contributed by atoms with E-state index in [1.807, 2.05) is 23.1 Å². The number of anilines is 2. The van der Waals surface area contributed by atoms with Gasteiger partial charge in [-0.05, 0) is 24.6 Å². The largest absolute Gasteiger partial charge is 0.381 e. The number of halogens is 1. The van der Waals surface area contributed by atoms with Gasteiger partial charge in [-0.15, -0.1) is 0 Å². The summed E-state index contributed by atoms with van der Waals surface area (Å²) in [4.78, 5) is 11.0. The van der Waals surface area contributed by atoms with Gasteiger partial charge in [0.05, 0.1) is 16.9 Å². The molecule has 0 spiro atoms. The molecular formula is C15H19ClN4O. The number of carbonyl (C=O) groups is 1. The van der Waals surface area contributed by atoms with Crippen LogP contribution in [0, 0.1) is 0 Å². The maximum Gasteiger partial charge on any atom is 0.221 e. The summed E-state index contributed by atoms with van der Waals surface area (Å²) < 4.78 is 1.93. The third-order valence-corrected chi connectivity index (χ3v) is 3.23. The maximum atomic E-state index is 11.0. The fourth-order valence-electron chi connectivity index (χ4n) is 1.97. The second-order valence-electron chi connectivity index (χ2n) is 4.84. The smallest absolute Gasteiger partial charge is 0.221 e. The van der Waals surface area contributed by atoms with Gasteiger partial charge in [-0.1, -0.05) is 18.5 Å². The highest BCUT2D eigenvalue weighted by Crippen LogP contribution is 2.25. The molecule has 2 N–H and O–H groups in total. The summed E-state index contributed by atoms with van der Waals surface area (Å²) >= 11 is 6.13. The predicted octanol–water partition coefficient (Wildman–Crippen LogP) is 3.52. The number of hydrogen-bond donors (Lipinski definition) is 2. The van der Waals surface area contributed by atoms with Crippen LogP contribution in [0.3, 0.4) is 0 Å². The normalized spacial score (nSPS) is 10.4. The molecule has 0 aliphatic heterocycles. The maximum absolute atomic E-state index is 11.0. The van der Waals surface area contributed by atoms with Crippen LogP contribution in [0.4, 0.5) is 11.4 Å². The molecule has 112 valence electrons. The minimum Gasteiger partial charge on any atom is -0.381 e. The molecule has 0 saturated carbocycles. The molecule has 1 aromatic heterocycles. The van der Waals surface area contributed by atoms with E-state index in [1.54, 1.807) is 12.1 Å². The minimum atomic E-state index is -0.138. The van der Waals surface area contributed by atoms with Gasteiger partial charge in [-0.2, -0.15) is 5.10 Å². The standard InChI is InChI=1S/C15H19ClN4O/c1-3-6-20-10-12(9-18-20)8-17-13-4-5-15(14(16)7-13)19-11(2)21/h4-5,7,9-10,17H,3,6,8H2,1-2H3,(H,19,21). The zero-order chi connectivity index (χ0) is 15.2. The molecule has 0 atom stereocenters. The lowest BCUT2D eigenvalue weighted by atomic mass is 10.2. The Morgan fingerprint density at radius 3 is 2.90 bits per heavy atom. The third kappa shape index (κ3) is 4.49. The molecule has 2 rings (SSSR count). The van der Waals surface area contributed by atoms with Gasteiger partial charge < -0.3 is 10.6 Å². The summed E-state index contributed by atoms with van der Waals surface area (Å²) in [5.41, 5.74) is 2.63. The number of aryl methyl sites for hydroxylation is 1. The molecule has 1 amide bonds. The Bertz CT molecular complexity index is 624. The van der Waals surface area contributed by atoms with E-state index >= 15 is 0 Å². The number of amides is 1. The van der Waals surface area contributed by atoms with E-state index in [1.165, 1.54) is 6.92 Å². The van der Waals surface area contributed by atoms with Gasteiger partial charge in [0.1, 0.15) is 0 Å². The van der Waals surface area contributed by atoms with Crippen LogP contribution in [-0.2, 0) is 17.9 Å². The van der Waals surface area contributed by atoms with Crippen molar-refractivity contribution in [2.24, 2.45) is 0 Å². The summed E-state index contributed by atoms with van der Waals surface area (Å²) in [6.07, 6.45) is 4.95. The Balaban J connectivity index is 1.96. The Morgan fingerprint density at radius 2 is 2.24 bits per heavy atom. The van der Waals surface area contributed by atoms with Crippen molar-refractivity contribution in [3.05, 3.63) is 41.2 Å². The molecule has 0 fully saturated rings. The Labute approximate surface area is 129 Å². The zero-order valence-electron chi connectivity index (χ0n) is 12.2. The van der Waals surface area contributed by atoms with E-state index in [-0.39, 0.29) is 5.91 Å². The van der Waals surface area contributed by atoms with E-state index in [2.05, 4.69) is 22.7 Å². The molecule has 0 aliphatic rings. The number of hydrogen-bond acceptors (Lipinski definition) is 3. The van der Waals surface area contributed by atoms with Crippen molar-refractivity contribution in [1.29, 1.82) is 0 Å². The predicted molar refractivity (Wildman–Crippen MR) is 85.6 cm³/mol. The van der Waals surface area contributed by atoms with Gasteiger partial charge in [0.15, 0.2) is 0 Å². The molecular weight excluding hydrogens is 288 g/mol. The van der Waals surface area contributed by atoms with Crippen LogP contribution in [0.2, 0.25) is 5.02 Å². The van der Waals surface area contributed by atoms with Crippen LogP contribution < -0.4 is 10.6 Å². The lowest BCUT2D eigenvalue weighted by molar-refractivity contribution is -0.114. The summed E-state index contributed by atoms with van der Waals surface area (Å²) in [6.45, 7) is 5.19. The average Bonchev–Trinajstić information content (AvgIpc) is 2.87. The van der Waals surface area contributed by atoms with Crippen molar-refractivity contribution in [3.63, 3.8) is 0 Å². The van der Waals surface area contributed by atoms with Crippen molar-refractivity contribution in [1.82, 2.24) is 9.78 Å². The van der Waals surface area contributed by atoms with Gasteiger partial charge >= 0.3 is 0 Å². The molecule has 5 nitrogen and oxygen atoms in total. The number of carbonyl (C=O) groups excluding carboxylic acids is 1. The first-order valence-corrected chi connectivity index (χ1v) is 7.28. The van der Waals surface area contributed by atoms with E-state index in [0.717, 1.165) is 24.2 Å². The Morgan fingerprint density at radius 1 is 1.43 bits per heavy atom. The number of benzene rings is 1. The van der Waals surface area contributed by atoms with Gasteiger partial charge in [-0.25, -0.2) is 0 Å². The zero-order valence-corrected chi connectivity index (χ0v) is 12.9. The SMILES string of the molecule is CCCn1cc(CNc2ccc(NC(C)=O)c(Cl)c2)cn1. The second kappa shape index (κ2) is 7.13. The third-order valence-electron chi connectivity index (χ3n) is 2.92. The van der Waals surface area contributed by atoms with Crippen LogP contribution in [0.1, 0.15) is 25.8 Å². The molecule has 0 unspecified atom stereocenters. The summed E-state index contributed by atoms with van der Waals surface area (Å²) in [6, 6.07) is 5.46. The minimum absolute atomic E-state index is 0.138. The highest BCUT2D eigenvalue weighted by Gasteiger charge is 2.04. The van der Waals surface area contributed by atoms with E-state index in [0.29, 0.717) is 17.3 Å². The summed E-state index contributed by atoms with van der Waals surface area (Å²) in [5, 5.41) is 10.8. The quantitative estimate of drug-likeness (QED) is 0.858. The molecule has 2 aromatic rings. The number of rotatable bonds is 6. The van der Waals surface area contributed by atoms with E-state index in [4.69, 9.17) is 11.6 Å². The van der Waals surface area contributed by atoms with Crippen LogP contribution in [0.25, 0.3) is 0 Å². The van der Waals surface area contributed by atoms with Crippen molar-refractivity contribution in [3.8, 4) is 0 Å². The monoisotopic (exact) mass is 306 g/mol. The molecule has 0 bridgehead atoms. The molecule has 6 heteroatoms. The molecule has 0 aliphatic carbocycles. The van der Waals surface area contributed by atoms with Crippen LogP contribution in [0.5, 0.6) is 0 Å².